The van der Waals surface area contributed by atoms with Crippen molar-refractivity contribution in [3.8, 4) is 11.4 Å². The molecule has 0 aliphatic carbocycles. The van der Waals surface area contributed by atoms with E-state index in [4.69, 9.17) is 4.52 Å². The van der Waals surface area contributed by atoms with Crippen molar-refractivity contribution in [1.29, 1.82) is 0 Å². The second-order valence-electron chi connectivity index (χ2n) is 6.68. The maximum atomic E-state index is 13.3. The molecule has 1 fully saturated rings. The van der Waals surface area contributed by atoms with Crippen LogP contribution in [0.1, 0.15) is 31.7 Å². The van der Waals surface area contributed by atoms with Crippen LogP contribution in [0.2, 0.25) is 0 Å². The molecule has 1 aliphatic heterocycles. The molecule has 1 aliphatic rings. The van der Waals surface area contributed by atoms with Gasteiger partial charge in [0.25, 0.3) is 0 Å². The molecule has 1 atom stereocenters. The van der Waals surface area contributed by atoms with Gasteiger partial charge in [-0.3, -0.25) is 4.79 Å². The molecule has 11 heteroatoms. The second kappa shape index (κ2) is 8.54. The highest BCUT2D eigenvalue weighted by molar-refractivity contribution is 7.92. The first-order valence-corrected chi connectivity index (χ1v) is 10.4. The van der Waals surface area contributed by atoms with Crippen molar-refractivity contribution in [1.82, 2.24) is 20.8 Å². The Morgan fingerprint density at radius 2 is 2.04 bits per heavy atom. The Labute approximate surface area is 168 Å². The molecule has 2 aromatic rings. The zero-order valence-corrected chi connectivity index (χ0v) is 17.1. The minimum atomic E-state index is -3.62. The molecule has 8 nitrogen and oxygen atoms in total. The number of halogens is 2. The van der Waals surface area contributed by atoms with Gasteiger partial charge in [-0.05, 0) is 45.0 Å². The van der Waals surface area contributed by atoms with Crippen LogP contribution in [0.4, 0.5) is 4.39 Å². The molecule has 1 saturated heterocycles. The van der Waals surface area contributed by atoms with Gasteiger partial charge in [-0.15, -0.1) is 12.4 Å². The van der Waals surface area contributed by atoms with E-state index in [1.165, 1.54) is 18.2 Å². The summed E-state index contributed by atoms with van der Waals surface area (Å²) in [6.07, 6.45) is 1.48. The lowest BCUT2D eigenvalue weighted by Gasteiger charge is -2.34. The minimum Gasteiger partial charge on any atom is -0.343 e. The number of carbonyl (C=O) groups excluding carboxylic acids is 1. The van der Waals surface area contributed by atoms with E-state index >= 15 is 0 Å². The van der Waals surface area contributed by atoms with Crippen molar-refractivity contribution in [3.63, 3.8) is 0 Å². The fraction of sp³-hybridized carbons (Fsp3) is 0.471. The van der Waals surface area contributed by atoms with Crippen LogP contribution in [-0.4, -0.2) is 48.6 Å². The molecule has 1 amide bonds. The van der Waals surface area contributed by atoms with E-state index in [1.54, 1.807) is 13.0 Å². The summed E-state index contributed by atoms with van der Waals surface area (Å²) < 4.78 is 41.7. The Hall–Kier alpha value is -2.04. The van der Waals surface area contributed by atoms with E-state index < -0.39 is 32.4 Å². The first kappa shape index (κ1) is 22.3. The molecule has 28 heavy (non-hydrogen) atoms. The van der Waals surface area contributed by atoms with E-state index in [0.717, 1.165) is 6.26 Å². The molecule has 0 saturated carbocycles. The number of hydrogen-bond acceptors (Lipinski definition) is 7. The number of rotatable bonds is 5. The molecule has 2 heterocycles. The van der Waals surface area contributed by atoms with Crippen LogP contribution in [-0.2, 0) is 14.6 Å². The number of hydrogen-bond donors (Lipinski definition) is 2. The molecule has 2 N–H and O–H groups in total. The van der Waals surface area contributed by atoms with Crippen LogP contribution in [0.5, 0.6) is 0 Å². The summed E-state index contributed by atoms with van der Waals surface area (Å²) in [6, 6.07) is 5.04. The number of nitrogens with zero attached hydrogens (tertiary/aromatic N) is 2. The molecule has 0 spiro atoms. The third-order valence-electron chi connectivity index (χ3n) is 4.78. The van der Waals surface area contributed by atoms with Crippen LogP contribution >= 0.6 is 12.4 Å². The largest absolute Gasteiger partial charge is 0.343 e. The van der Waals surface area contributed by atoms with Crippen molar-refractivity contribution in [3.05, 3.63) is 36.0 Å². The highest BCUT2D eigenvalue weighted by Crippen LogP contribution is 2.29. The Kier molecular flexibility index (Phi) is 6.79. The predicted octanol–water partition coefficient (Wildman–Crippen LogP) is 1.64. The van der Waals surface area contributed by atoms with Gasteiger partial charge in [-0.2, -0.15) is 4.98 Å². The Balaban J connectivity index is 0.00000280. The van der Waals surface area contributed by atoms with Gasteiger partial charge in [0.2, 0.25) is 17.6 Å². The zero-order valence-electron chi connectivity index (χ0n) is 15.4. The van der Waals surface area contributed by atoms with Gasteiger partial charge in [-0.25, -0.2) is 12.8 Å². The summed E-state index contributed by atoms with van der Waals surface area (Å²) >= 11 is 0. The number of piperidine rings is 1. The van der Waals surface area contributed by atoms with Crippen molar-refractivity contribution in [2.24, 2.45) is 0 Å². The van der Waals surface area contributed by atoms with Crippen LogP contribution in [0.15, 0.2) is 28.8 Å². The molecule has 3 rings (SSSR count). The van der Waals surface area contributed by atoms with Gasteiger partial charge in [-0.1, -0.05) is 17.3 Å². The van der Waals surface area contributed by atoms with Gasteiger partial charge in [0, 0.05) is 11.8 Å². The standard InChI is InChI=1S/C17H21FN4O4S.ClH/c1-11(15-21-14(22-26-15)12-4-3-5-13(18)10-12)20-16(23)17(27(2,24)25)6-8-19-9-7-17;/h3-5,10-11,19H,6-9H2,1-2H3,(H,20,23);1H. The topological polar surface area (TPSA) is 114 Å². The second-order valence-corrected chi connectivity index (χ2v) is 9.00. The van der Waals surface area contributed by atoms with E-state index in [2.05, 4.69) is 20.8 Å². The summed E-state index contributed by atoms with van der Waals surface area (Å²) in [5.41, 5.74) is 0.439. The summed E-state index contributed by atoms with van der Waals surface area (Å²) in [4.78, 5) is 17.0. The Morgan fingerprint density at radius 3 is 2.64 bits per heavy atom. The normalized spacial score (nSPS) is 17.4. The molecule has 0 radical (unpaired) electrons. The number of sulfone groups is 1. The quantitative estimate of drug-likeness (QED) is 0.738. The lowest BCUT2D eigenvalue weighted by molar-refractivity contribution is -0.125. The first-order chi connectivity index (χ1) is 12.7. The van der Waals surface area contributed by atoms with Crippen molar-refractivity contribution < 1.29 is 22.1 Å². The molecule has 1 unspecified atom stereocenters. The fourth-order valence-corrected chi connectivity index (χ4v) is 4.48. The maximum Gasteiger partial charge on any atom is 0.249 e. The van der Waals surface area contributed by atoms with Crippen LogP contribution in [0, 0.1) is 5.82 Å². The molecular weight excluding hydrogens is 411 g/mol. The van der Waals surface area contributed by atoms with Gasteiger partial charge in [0.15, 0.2) is 14.6 Å². The average molecular weight is 433 g/mol. The Bertz CT molecular complexity index is 944. The Morgan fingerprint density at radius 1 is 1.36 bits per heavy atom. The molecule has 1 aromatic heterocycles. The van der Waals surface area contributed by atoms with Crippen molar-refractivity contribution in [2.45, 2.75) is 30.6 Å². The van der Waals surface area contributed by atoms with E-state index in [9.17, 15) is 17.6 Å². The van der Waals surface area contributed by atoms with Gasteiger partial charge in [0.1, 0.15) is 11.9 Å². The van der Waals surface area contributed by atoms with E-state index in [1.807, 2.05) is 0 Å². The number of aromatic nitrogens is 2. The monoisotopic (exact) mass is 432 g/mol. The SMILES string of the molecule is CC(NC(=O)C1(S(C)(=O)=O)CCNCC1)c1nc(-c2cccc(F)c2)no1.Cl. The highest BCUT2D eigenvalue weighted by atomic mass is 35.5. The minimum absolute atomic E-state index is 0. The lowest BCUT2D eigenvalue weighted by atomic mass is 9.95. The van der Waals surface area contributed by atoms with Crippen LogP contribution in [0.3, 0.4) is 0 Å². The molecular formula is C17H22ClFN4O4S. The number of carbonyl (C=O) groups is 1. The summed E-state index contributed by atoms with van der Waals surface area (Å²) in [7, 11) is -3.62. The fourth-order valence-electron chi connectivity index (χ4n) is 3.14. The third kappa shape index (κ3) is 4.34. The van der Waals surface area contributed by atoms with Crippen molar-refractivity contribution in [2.75, 3.05) is 19.3 Å². The van der Waals surface area contributed by atoms with Gasteiger partial charge in [0.05, 0.1) is 0 Å². The summed E-state index contributed by atoms with van der Waals surface area (Å²) in [6.45, 7) is 2.51. The van der Waals surface area contributed by atoms with E-state index in [-0.39, 0.29) is 37.0 Å². The van der Waals surface area contributed by atoms with E-state index in [0.29, 0.717) is 18.7 Å². The van der Waals surface area contributed by atoms with Crippen molar-refractivity contribution >= 4 is 28.2 Å². The number of nitrogens with one attached hydrogen (secondary N) is 2. The average Bonchev–Trinajstić information content (AvgIpc) is 3.11. The van der Waals surface area contributed by atoms with Gasteiger partial charge < -0.3 is 15.2 Å². The number of benzene rings is 1. The third-order valence-corrected chi connectivity index (χ3v) is 6.79. The van der Waals surface area contributed by atoms with Crippen LogP contribution in [0.25, 0.3) is 11.4 Å². The molecule has 154 valence electrons. The summed E-state index contributed by atoms with van der Waals surface area (Å²) in [5.74, 6) is -0.712. The lowest BCUT2D eigenvalue weighted by Crippen LogP contribution is -2.57. The van der Waals surface area contributed by atoms with Gasteiger partial charge >= 0.3 is 0 Å². The zero-order chi connectivity index (χ0) is 19.7. The van der Waals surface area contributed by atoms with Crippen LogP contribution < -0.4 is 10.6 Å². The smallest absolute Gasteiger partial charge is 0.249 e. The predicted molar refractivity (Wildman–Crippen MR) is 103 cm³/mol. The highest BCUT2D eigenvalue weighted by Gasteiger charge is 2.49. The first-order valence-electron chi connectivity index (χ1n) is 8.54. The molecule has 0 bridgehead atoms. The maximum absolute atomic E-state index is 13.3. The number of amides is 1. The summed E-state index contributed by atoms with van der Waals surface area (Å²) in [5, 5.41) is 9.54. The molecule has 1 aromatic carbocycles.